The number of carbonyl (C=O) groups is 1. The molecule has 1 unspecified atom stereocenters. The minimum Gasteiger partial charge on any atom is -0.493 e. The zero-order chi connectivity index (χ0) is 21.1. The van der Waals surface area contributed by atoms with Crippen LogP contribution in [0.1, 0.15) is 49.7 Å². The Morgan fingerprint density at radius 3 is 2.57 bits per heavy atom. The zero-order valence-electron chi connectivity index (χ0n) is 17.7. The summed E-state index contributed by atoms with van der Waals surface area (Å²) in [6.45, 7) is 7.51. The predicted molar refractivity (Wildman–Crippen MR) is 114 cm³/mol. The maximum Gasteiger partial charge on any atom is 0.249 e. The van der Waals surface area contributed by atoms with Gasteiger partial charge in [-0.15, -0.1) is 0 Å². The van der Waals surface area contributed by atoms with Gasteiger partial charge in [0.2, 0.25) is 17.6 Å². The number of rotatable bonds is 7. The Balaban J connectivity index is 1.48. The van der Waals surface area contributed by atoms with Crippen molar-refractivity contribution in [2.24, 2.45) is 5.92 Å². The van der Waals surface area contributed by atoms with Gasteiger partial charge in [-0.25, -0.2) is 0 Å². The van der Waals surface area contributed by atoms with E-state index in [9.17, 15) is 4.79 Å². The van der Waals surface area contributed by atoms with Crippen LogP contribution in [-0.2, 0) is 11.3 Å². The number of ether oxygens (including phenoxy) is 1. The van der Waals surface area contributed by atoms with Crippen LogP contribution < -0.4 is 4.74 Å². The summed E-state index contributed by atoms with van der Waals surface area (Å²) in [7, 11) is 0. The SMILES string of the molecule is Cc1ccc(CN2C(=O)CCC2c2nc(-c3ccc(OCC(C)C)cc3)no2)cc1. The van der Waals surface area contributed by atoms with Crippen LogP contribution in [0.2, 0.25) is 0 Å². The number of benzene rings is 2. The van der Waals surface area contributed by atoms with Crippen LogP contribution in [0.25, 0.3) is 11.4 Å². The summed E-state index contributed by atoms with van der Waals surface area (Å²) >= 11 is 0. The quantitative estimate of drug-likeness (QED) is 0.557. The van der Waals surface area contributed by atoms with Gasteiger partial charge >= 0.3 is 0 Å². The number of hydrogen-bond donors (Lipinski definition) is 0. The molecule has 156 valence electrons. The van der Waals surface area contributed by atoms with Crippen molar-refractivity contribution in [3.05, 3.63) is 65.5 Å². The molecule has 0 radical (unpaired) electrons. The zero-order valence-corrected chi connectivity index (χ0v) is 17.7. The lowest BCUT2D eigenvalue weighted by molar-refractivity contribution is -0.129. The van der Waals surface area contributed by atoms with Crippen molar-refractivity contribution in [2.45, 2.75) is 46.2 Å². The van der Waals surface area contributed by atoms with Crippen LogP contribution in [0.4, 0.5) is 0 Å². The number of aryl methyl sites for hydroxylation is 1. The monoisotopic (exact) mass is 405 g/mol. The molecule has 1 fully saturated rings. The molecule has 0 spiro atoms. The van der Waals surface area contributed by atoms with E-state index in [-0.39, 0.29) is 11.9 Å². The lowest BCUT2D eigenvalue weighted by Crippen LogP contribution is -2.27. The molecule has 2 heterocycles. The molecule has 1 atom stereocenters. The molecule has 1 saturated heterocycles. The van der Waals surface area contributed by atoms with E-state index < -0.39 is 0 Å². The van der Waals surface area contributed by atoms with Crippen LogP contribution in [-0.4, -0.2) is 27.6 Å². The highest BCUT2D eigenvalue weighted by Crippen LogP contribution is 2.34. The summed E-state index contributed by atoms with van der Waals surface area (Å²) in [5.74, 6) is 2.42. The van der Waals surface area contributed by atoms with Crippen molar-refractivity contribution in [3.8, 4) is 17.1 Å². The van der Waals surface area contributed by atoms with Crippen LogP contribution in [0.5, 0.6) is 5.75 Å². The van der Waals surface area contributed by atoms with E-state index in [4.69, 9.17) is 9.26 Å². The molecule has 1 amide bonds. The minimum atomic E-state index is -0.186. The second-order valence-corrected chi connectivity index (χ2v) is 8.25. The summed E-state index contributed by atoms with van der Waals surface area (Å²) in [6.07, 6.45) is 1.18. The van der Waals surface area contributed by atoms with Gasteiger partial charge in [-0.2, -0.15) is 4.98 Å². The van der Waals surface area contributed by atoms with Gasteiger partial charge in [-0.3, -0.25) is 4.79 Å². The van der Waals surface area contributed by atoms with E-state index in [1.54, 1.807) is 0 Å². The van der Waals surface area contributed by atoms with Gasteiger partial charge in [-0.05, 0) is 49.1 Å². The van der Waals surface area contributed by atoms with Crippen molar-refractivity contribution in [2.75, 3.05) is 6.61 Å². The van der Waals surface area contributed by atoms with Crippen molar-refractivity contribution < 1.29 is 14.1 Å². The molecule has 6 nitrogen and oxygen atoms in total. The minimum absolute atomic E-state index is 0.118. The van der Waals surface area contributed by atoms with Gasteiger partial charge in [0.05, 0.1) is 6.61 Å². The smallest absolute Gasteiger partial charge is 0.249 e. The molecule has 1 aromatic heterocycles. The molecule has 0 aliphatic carbocycles. The summed E-state index contributed by atoms with van der Waals surface area (Å²) in [5.41, 5.74) is 3.15. The Hall–Kier alpha value is -3.15. The fraction of sp³-hybridized carbons (Fsp3) is 0.375. The molecule has 1 aliphatic heterocycles. The molecule has 0 bridgehead atoms. The topological polar surface area (TPSA) is 68.5 Å². The van der Waals surface area contributed by atoms with Crippen molar-refractivity contribution in [1.82, 2.24) is 15.0 Å². The lowest BCUT2D eigenvalue weighted by atomic mass is 10.1. The first-order valence-corrected chi connectivity index (χ1v) is 10.4. The van der Waals surface area contributed by atoms with Crippen molar-refractivity contribution in [3.63, 3.8) is 0 Å². The third kappa shape index (κ3) is 4.53. The molecule has 4 rings (SSSR count). The summed E-state index contributed by atoms with van der Waals surface area (Å²) in [4.78, 5) is 18.9. The van der Waals surface area contributed by atoms with E-state index in [1.807, 2.05) is 29.2 Å². The first-order valence-electron chi connectivity index (χ1n) is 10.4. The Morgan fingerprint density at radius 1 is 1.13 bits per heavy atom. The van der Waals surface area contributed by atoms with Crippen LogP contribution >= 0.6 is 0 Å². The Morgan fingerprint density at radius 2 is 1.87 bits per heavy atom. The van der Waals surface area contributed by atoms with Gasteiger partial charge in [-0.1, -0.05) is 48.8 Å². The molecule has 0 saturated carbocycles. The third-order valence-corrected chi connectivity index (χ3v) is 5.22. The van der Waals surface area contributed by atoms with Gasteiger partial charge < -0.3 is 14.2 Å². The molecular weight excluding hydrogens is 378 g/mol. The second-order valence-electron chi connectivity index (χ2n) is 8.25. The maximum atomic E-state index is 12.5. The number of amides is 1. The Labute approximate surface area is 176 Å². The average Bonchev–Trinajstić information content (AvgIpc) is 3.36. The van der Waals surface area contributed by atoms with Gasteiger partial charge in [0.1, 0.15) is 11.8 Å². The fourth-order valence-electron chi connectivity index (χ4n) is 3.53. The summed E-state index contributed by atoms with van der Waals surface area (Å²) in [6, 6.07) is 15.7. The molecule has 6 heteroatoms. The third-order valence-electron chi connectivity index (χ3n) is 5.22. The van der Waals surface area contributed by atoms with Crippen molar-refractivity contribution >= 4 is 5.91 Å². The van der Waals surface area contributed by atoms with E-state index in [0.717, 1.165) is 16.9 Å². The fourth-order valence-corrected chi connectivity index (χ4v) is 3.53. The van der Waals surface area contributed by atoms with E-state index in [1.165, 1.54) is 5.56 Å². The van der Waals surface area contributed by atoms with E-state index in [0.29, 0.717) is 43.6 Å². The number of nitrogens with zero attached hydrogens (tertiary/aromatic N) is 3. The second kappa shape index (κ2) is 8.69. The standard InChI is InChI=1S/C24H27N3O3/c1-16(2)15-29-20-10-8-19(9-11-20)23-25-24(30-26-23)21-12-13-22(28)27(21)14-18-6-4-17(3)5-7-18/h4-11,16,21H,12-15H2,1-3H3. The molecule has 30 heavy (non-hydrogen) atoms. The van der Waals surface area contributed by atoms with E-state index >= 15 is 0 Å². The molecule has 2 aromatic carbocycles. The normalized spacial score (nSPS) is 16.5. The van der Waals surface area contributed by atoms with Crippen LogP contribution in [0.3, 0.4) is 0 Å². The number of hydrogen-bond acceptors (Lipinski definition) is 5. The number of aromatic nitrogens is 2. The van der Waals surface area contributed by atoms with Crippen molar-refractivity contribution in [1.29, 1.82) is 0 Å². The van der Waals surface area contributed by atoms with Gasteiger partial charge in [0.25, 0.3) is 0 Å². The Bertz CT molecular complexity index is 993. The Kier molecular flexibility index (Phi) is 5.84. The maximum absolute atomic E-state index is 12.5. The predicted octanol–water partition coefficient (Wildman–Crippen LogP) is 4.94. The first kappa shape index (κ1) is 20.1. The molecule has 0 N–H and O–H groups in total. The highest BCUT2D eigenvalue weighted by atomic mass is 16.5. The highest BCUT2D eigenvalue weighted by Gasteiger charge is 2.36. The van der Waals surface area contributed by atoms with Gasteiger partial charge in [0, 0.05) is 18.5 Å². The summed E-state index contributed by atoms with van der Waals surface area (Å²) < 4.78 is 11.3. The lowest BCUT2D eigenvalue weighted by Gasteiger charge is -2.22. The summed E-state index contributed by atoms with van der Waals surface area (Å²) in [5, 5.41) is 4.15. The van der Waals surface area contributed by atoms with Crippen LogP contribution in [0, 0.1) is 12.8 Å². The first-order chi connectivity index (χ1) is 14.5. The van der Waals surface area contributed by atoms with Gasteiger partial charge in [0.15, 0.2) is 0 Å². The molecular formula is C24H27N3O3. The largest absolute Gasteiger partial charge is 0.493 e. The van der Waals surface area contributed by atoms with Crippen LogP contribution in [0.15, 0.2) is 53.1 Å². The van der Waals surface area contributed by atoms with E-state index in [2.05, 4.69) is 55.2 Å². The molecule has 3 aromatic rings. The average molecular weight is 405 g/mol. The highest BCUT2D eigenvalue weighted by molar-refractivity contribution is 5.78. The molecule has 1 aliphatic rings. The number of likely N-dealkylation sites (tertiary alicyclic amines) is 1. The number of carbonyl (C=O) groups excluding carboxylic acids is 1.